The van der Waals surface area contributed by atoms with Crippen LogP contribution in [0.25, 0.3) is 0 Å². The monoisotopic (exact) mass is 133 g/mol. The summed E-state index contributed by atoms with van der Waals surface area (Å²) in [6.07, 6.45) is 1.48. The minimum absolute atomic E-state index is 0.112. The minimum atomic E-state index is 0.112. The topological polar surface area (TPSA) is 38.3 Å². The SMILES string of the molecule is O=C1CCCOPN1. The number of amides is 1. The fraction of sp³-hybridized carbons (Fsp3) is 0.750. The number of carbonyl (C=O) groups excluding carboxylic acids is 1. The Hall–Kier alpha value is -0.140. The summed E-state index contributed by atoms with van der Waals surface area (Å²) in [6, 6.07) is 0. The van der Waals surface area contributed by atoms with E-state index in [0.29, 0.717) is 6.42 Å². The van der Waals surface area contributed by atoms with Crippen LogP contribution in [0.3, 0.4) is 0 Å². The van der Waals surface area contributed by atoms with E-state index in [0.717, 1.165) is 13.0 Å². The molecule has 8 heavy (non-hydrogen) atoms. The molecule has 1 aliphatic heterocycles. The third kappa shape index (κ3) is 1.76. The molecule has 0 spiro atoms. The van der Waals surface area contributed by atoms with Gasteiger partial charge in [-0.25, -0.2) is 0 Å². The van der Waals surface area contributed by atoms with Crippen molar-refractivity contribution >= 4 is 14.9 Å². The molecule has 1 atom stereocenters. The molecular formula is C4H8NO2P. The molecule has 1 aliphatic rings. The average Bonchev–Trinajstić information content (AvgIpc) is 1.94. The lowest BCUT2D eigenvalue weighted by atomic mass is 10.3. The molecule has 1 heterocycles. The molecule has 0 saturated carbocycles. The van der Waals surface area contributed by atoms with Gasteiger partial charge in [-0.05, 0) is 6.42 Å². The summed E-state index contributed by atoms with van der Waals surface area (Å²) in [5, 5.41) is 2.61. The molecule has 0 aromatic heterocycles. The van der Waals surface area contributed by atoms with Gasteiger partial charge in [0.15, 0.2) is 0 Å². The maximum Gasteiger partial charge on any atom is 0.224 e. The number of hydrogen-bond acceptors (Lipinski definition) is 2. The molecule has 0 aromatic carbocycles. The second kappa shape index (κ2) is 3.00. The maximum absolute atomic E-state index is 10.5. The predicted octanol–water partition coefficient (Wildman–Crippen LogP) is 0.421. The maximum atomic E-state index is 10.5. The first-order valence-electron chi connectivity index (χ1n) is 2.55. The Bertz CT molecular complexity index is 86.0. The van der Waals surface area contributed by atoms with Crippen LogP contribution in [0.5, 0.6) is 0 Å². The lowest BCUT2D eigenvalue weighted by Crippen LogP contribution is -2.10. The number of carbonyl (C=O) groups is 1. The van der Waals surface area contributed by atoms with E-state index in [2.05, 4.69) is 5.09 Å². The first-order valence-corrected chi connectivity index (χ1v) is 3.46. The van der Waals surface area contributed by atoms with Gasteiger partial charge in [0.1, 0.15) is 8.96 Å². The van der Waals surface area contributed by atoms with Crippen LogP contribution in [-0.4, -0.2) is 12.5 Å². The van der Waals surface area contributed by atoms with E-state index in [-0.39, 0.29) is 14.9 Å². The number of nitrogens with one attached hydrogen (secondary N) is 1. The summed E-state index contributed by atoms with van der Waals surface area (Å²) >= 11 is 0. The van der Waals surface area contributed by atoms with E-state index in [1.54, 1.807) is 0 Å². The standard InChI is InChI=1S/C4H8NO2P/c6-4-2-1-3-7-8-5-4/h8H,1-3H2,(H,5,6). The van der Waals surface area contributed by atoms with Gasteiger partial charge in [-0.15, -0.1) is 0 Å². The van der Waals surface area contributed by atoms with Crippen molar-refractivity contribution in [2.75, 3.05) is 6.61 Å². The zero-order chi connectivity index (χ0) is 5.82. The van der Waals surface area contributed by atoms with Gasteiger partial charge < -0.3 is 9.61 Å². The molecule has 1 N–H and O–H groups in total. The zero-order valence-electron chi connectivity index (χ0n) is 4.44. The van der Waals surface area contributed by atoms with Gasteiger partial charge in [-0.2, -0.15) is 0 Å². The van der Waals surface area contributed by atoms with Crippen LogP contribution >= 0.6 is 8.96 Å². The molecule has 1 amide bonds. The summed E-state index contributed by atoms with van der Waals surface area (Å²) < 4.78 is 4.96. The van der Waals surface area contributed by atoms with Crippen molar-refractivity contribution in [2.45, 2.75) is 12.8 Å². The van der Waals surface area contributed by atoms with Crippen molar-refractivity contribution in [3.63, 3.8) is 0 Å². The lowest BCUT2D eigenvalue weighted by molar-refractivity contribution is -0.119. The van der Waals surface area contributed by atoms with Crippen molar-refractivity contribution in [1.82, 2.24) is 5.09 Å². The van der Waals surface area contributed by atoms with E-state index < -0.39 is 0 Å². The lowest BCUT2D eigenvalue weighted by Gasteiger charge is -1.94. The van der Waals surface area contributed by atoms with Crippen molar-refractivity contribution < 1.29 is 9.32 Å². The van der Waals surface area contributed by atoms with E-state index in [1.807, 2.05) is 0 Å². The molecule has 3 nitrogen and oxygen atoms in total. The van der Waals surface area contributed by atoms with Crippen LogP contribution in [0.4, 0.5) is 0 Å². The molecule has 46 valence electrons. The van der Waals surface area contributed by atoms with Gasteiger partial charge in [0.2, 0.25) is 5.91 Å². The Morgan fingerprint density at radius 2 is 2.62 bits per heavy atom. The quantitative estimate of drug-likeness (QED) is 0.486. The van der Waals surface area contributed by atoms with Crippen LogP contribution in [0.1, 0.15) is 12.8 Å². The van der Waals surface area contributed by atoms with Crippen LogP contribution in [-0.2, 0) is 9.32 Å². The van der Waals surface area contributed by atoms with Crippen LogP contribution < -0.4 is 5.09 Å². The second-order valence-electron chi connectivity index (χ2n) is 1.60. The van der Waals surface area contributed by atoms with E-state index in [4.69, 9.17) is 4.52 Å². The molecule has 4 heteroatoms. The van der Waals surface area contributed by atoms with Gasteiger partial charge in [0.25, 0.3) is 0 Å². The van der Waals surface area contributed by atoms with Crippen molar-refractivity contribution in [2.24, 2.45) is 0 Å². The van der Waals surface area contributed by atoms with Crippen molar-refractivity contribution in [3.05, 3.63) is 0 Å². The Balaban J connectivity index is 2.27. The van der Waals surface area contributed by atoms with Crippen molar-refractivity contribution in [1.29, 1.82) is 0 Å². The summed E-state index contributed by atoms with van der Waals surface area (Å²) in [6.45, 7) is 0.719. The highest BCUT2D eigenvalue weighted by Crippen LogP contribution is 2.11. The molecule has 1 unspecified atom stereocenters. The first kappa shape index (κ1) is 5.99. The Morgan fingerprint density at radius 3 is 3.50 bits per heavy atom. The first-order chi connectivity index (χ1) is 3.89. The Kier molecular flexibility index (Phi) is 2.25. The molecule has 1 saturated heterocycles. The Morgan fingerprint density at radius 1 is 1.75 bits per heavy atom. The van der Waals surface area contributed by atoms with Gasteiger partial charge in [0, 0.05) is 6.42 Å². The van der Waals surface area contributed by atoms with E-state index in [9.17, 15) is 4.79 Å². The average molecular weight is 133 g/mol. The normalized spacial score (nSPS) is 24.8. The fourth-order valence-corrected chi connectivity index (χ4v) is 1.07. The highest BCUT2D eigenvalue weighted by Gasteiger charge is 2.03. The number of hydrogen-bond donors (Lipinski definition) is 1. The van der Waals surface area contributed by atoms with Gasteiger partial charge in [-0.3, -0.25) is 4.79 Å². The van der Waals surface area contributed by atoms with Gasteiger partial charge >= 0.3 is 0 Å². The highest BCUT2D eigenvalue weighted by atomic mass is 31.1. The molecule has 1 fully saturated rings. The summed E-state index contributed by atoms with van der Waals surface area (Å²) in [5.41, 5.74) is 0. The van der Waals surface area contributed by atoms with Crippen LogP contribution in [0, 0.1) is 0 Å². The molecule has 0 aromatic rings. The largest absolute Gasteiger partial charge is 0.341 e. The Labute approximate surface area is 49.7 Å². The highest BCUT2D eigenvalue weighted by molar-refractivity contribution is 7.30. The van der Waals surface area contributed by atoms with Crippen LogP contribution in [0.15, 0.2) is 0 Å². The molecule has 0 aliphatic carbocycles. The third-order valence-corrected chi connectivity index (χ3v) is 1.64. The minimum Gasteiger partial charge on any atom is -0.341 e. The summed E-state index contributed by atoms with van der Waals surface area (Å²) in [5.74, 6) is 0.112. The second-order valence-corrected chi connectivity index (χ2v) is 2.35. The third-order valence-electron chi connectivity index (χ3n) is 0.913. The van der Waals surface area contributed by atoms with Gasteiger partial charge in [-0.1, -0.05) is 0 Å². The number of rotatable bonds is 0. The predicted molar refractivity (Wildman–Crippen MR) is 31.6 cm³/mol. The molecule has 0 radical (unpaired) electrons. The zero-order valence-corrected chi connectivity index (χ0v) is 5.44. The van der Waals surface area contributed by atoms with Crippen molar-refractivity contribution in [3.8, 4) is 0 Å². The fourth-order valence-electron chi connectivity index (χ4n) is 0.511. The van der Waals surface area contributed by atoms with E-state index in [1.165, 1.54) is 0 Å². The molecular weight excluding hydrogens is 125 g/mol. The smallest absolute Gasteiger partial charge is 0.224 e. The van der Waals surface area contributed by atoms with Gasteiger partial charge in [0.05, 0.1) is 6.61 Å². The summed E-state index contributed by atoms with van der Waals surface area (Å²) in [4.78, 5) is 10.5. The molecule has 0 bridgehead atoms. The van der Waals surface area contributed by atoms with E-state index >= 15 is 0 Å². The summed E-state index contributed by atoms with van der Waals surface area (Å²) in [7, 11) is 0.176. The molecule has 1 rings (SSSR count). The van der Waals surface area contributed by atoms with Crippen LogP contribution in [0.2, 0.25) is 0 Å².